The zero-order valence-electron chi connectivity index (χ0n) is 16.3. The molecule has 2 nitrogen and oxygen atoms in total. The van der Waals surface area contributed by atoms with Gasteiger partial charge in [0.15, 0.2) is 0 Å². The van der Waals surface area contributed by atoms with Gasteiger partial charge in [-0.1, -0.05) is 70.2 Å². The average molecular weight is 338 g/mol. The molecule has 0 N–H and O–H groups in total. The summed E-state index contributed by atoms with van der Waals surface area (Å²) in [4.78, 5) is 11.9. The van der Waals surface area contributed by atoms with Crippen LogP contribution in [0.4, 0.5) is 0 Å². The molecule has 0 unspecified atom stereocenters. The lowest BCUT2D eigenvalue weighted by Crippen LogP contribution is -2.24. The molecular weight excluding hydrogens is 307 g/mol. The van der Waals surface area contributed by atoms with Crippen LogP contribution < -0.4 is 0 Å². The summed E-state index contributed by atoms with van der Waals surface area (Å²) in [5.74, 6) is 0.472. The average Bonchev–Trinajstić information content (AvgIpc) is 2.58. The molecule has 134 valence electrons. The Labute approximate surface area is 153 Å². The van der Waals surface area contributed by atoms with Crippen LogP contribution in [0.1, 0.15) is 52.5 Å². The zero-order valence-corrected chi connectivity index (χ0v) is 16.3. The molecule has 0 heterocycles. The minimum atomic E-state index is -0.0651. The van der Waals surface area contributed by atoms with Gasteiger partial charge in [-0.15, -0.1) is 0 Å². The van der Waals surface area contributed by atoms with E-state index in [1.807, 2.05) is 6.82 Å². The van der Waals surface area contributed by atoms with Gasteiger partial charge in [0.2, 0.25) is 0 Å². The molecule has 0 fully saturated rings. The summed E-state index contributed by atoms with van der Waals surface area (Å²) in [6.45, 7) is 10.8. The van der Waals surface area contributed by atoms with E-state index >= 15 is 0 Å². The molecule has 0 bridgehead atoms. The highest BCUT2D eigenvalue weighted by atomic mass is 16.5. The molecule has 2 rings (SSSR count). The van der Waals surface area contributed by atoms with E-state index in [0.29, 0.717) is 12.3 Å². The third kappa shape index (κ3) is 5.91. The molecule has 2 aromatic rings. The lowest BCUT2D eigenvalue weighted by molar-refractivity contribution is -0.135. The summed E-state index contributed by atoms with van der Waals surface area (Å²) in [5, 5.41) is 2.55. The Hall–Kier alpha value is -1.77. The Bertz CT molecular complexity index is 706. The molecule has 0 amide bonds. The largest absolute Gasteiger partial charge is 0.537 e. The van der Waals surface area contributed by atoms with Crippen LogP contribution in [0, 0.1) is 5.92 Å². The molecule has 0 saturated heterocycles. The fourth-order valence-electron chi connectivity index (χ4n) is 3.07. The van der Waals surface area contributed by atoms with E-state index < -0.39 is 0 Å². The van der Waals surface area contributed by atoms with E-state index in [1.165, 1.54) is 16.3 Å². The van der Waals surface area contributed by atoms with Gasteiger partial charge < -0.3 is 4.65 Å². The van der Waals surface area contributed by atoms with Crippen molar-refractivity contribution in [1.29, 1.82) is 0 Å². The van der Waals surface area contributed by atoms with Gasteiger partial charge in [0, 0.05) is 6.42 Å². The first-order valence-corrected chi connectivity index (χ1v) is 9.46. The van der Waals surface area contributed by atoms with Gasteiger partial charge in [-0.2, -0.15) is 0 Å². The highest BCUT2D eigenvalue weighted by Crippen LogP contribution is 2.31. The third-order valence-corrected chi connectivity index (χ3v) is 4.97. The standard InChI is InChI=1S/C22H31BO2/c1-17(2)10-13-21(24)25-23(5)15-14-22(3,4)20-12-11-18-8-6-7-9-19(18)16-20/h6-9,11-12,16-17H,10,13-15H2,1-5H3. The molecule has 0 aromatic heterocycles. The van der Waals surface area contributed by atoms with Crippen LogP contribution in [-0.4, -0.2) is 12.9 Å². The van der Waals surface area contributed by atoms with Crippen molar-refractivity contribution in [1.82, 2.24) is 0 Å². The van der Waals surface area contributed by atoms with Crippen molar-refractivity contribution >= 4 is 23.7 Å². The Morgan fingerprint density at radius 1 is 1.12 bits per heavy atom. The third-order valence-electron chi connectivity index (χ3n) is 4.97. The maximum atomic E-state index is 11.9. The van der Waals surface area contributed by atoms with E-state index in [9.17, 15) is 4.79 Å². The molecular formula is C22H31BO2. The second-order valence-electron chi connectivity index (χ2n) is 8.22. The van der Waals surface area contributed by atoms with E-state index in [4.69, 9.17) is 4.65 Å². The molecule has 0 spiro atoms. The number of benzene rings is 2. The van der Waals surface area contributed by atoms with Crippen LogP contribution in [0.3, 0.4) is 0 Å². The lowest BCUT2D eigenvalue weighted by Gasteiger charge is -2.26. The first-order valence-electron chi connectivity index (χ1n) is 9.46. The molecule has 2 aromatic carbocycles. The Balaban J connectivity index is 1.92. The first-order chi connectivity index (χ1) is 11.8. The van der Waals surface area contributed by atoms with Crippen molar-refractivity contribution in [2.75, 3.05) is 0 Å². The Morgan fingerprint density at radius 3 is 2.48 bits per heavy atom. The van der Waals surface area contributed by atoms with Crippen molar-refractivity contribution in [2.45, 2.75) is 65.5 Å². The van der Waals surface area contributed by atoms with Crippen LogP contribution in [-0.2, 0) is 14.9 Å². The van der Waals surface area contributed by atoms with Crippen LogP contribution in [0.15, 0.2) is 42.5 Å². The van der Waals surface area contributed by atoms with Gasteiger partial charge in [-0.3, -0.25) is 4.79 Å². The van der Waals surface area contributed by atoms with E-state index in [0.717, 1.165) is 19.2 Å². The molecule has 0 aliphatic heterocycles. The molecule has 0 radical (unpaired) electrons. The van der Waals surface area contributed by atoms with Crippen molar-refractivity contribution in [3.8, 4) is 0 Å². The molecule has 3 heteroatoms. The van der Waals surface area contributed by atoms with Crippen LogP contribution >= 0.6 is 0 Å². The highest BCUT2D eigenvalue weighted by molar-refractivity contribution is 6.52. The van der Waals surface area contributed by atoms with Gasteiger partial charge in [-0.05, 0) is 53.7 Å². The minimum absolute atomic E-state index is 0.0283. The topological polar surface area (TPSA) is 26.3 Å². The van der Waals surface area contributed by atoms with Crippen LogP contribution in [0.5, 0.6) is 0 Å². The number of hydrogen-bond acceptors (Lipinski definition) is 2. The number of fused-ring (bicyclic) bond motifs is 1. The maximum Gasteiger partial charge on any atom is 0.358 e. The monoisotopic (exact) mass is 338 g/mol. The summed E-state index contributed by atoms with van der Waals surface area (Å²) in [7, 11) is 0. The zero-order chi connectivity index (χ0) is 18.4. The first kappa shape index (κ1) is 19.6. The highest BCUT2D eigenvalue weighted by Gasteiger charge is 2.24. The maximum absolute atomic E-state index is 11.9. The molecule has 25 heavy (non-hydrogen) atoms. The summed E-state index contributed by atoms with van der Waals surface area (Å²) in [5.41, 5.74) is 1.40. The number of hydrogen-bond donors (Lipinski definition) is 0. The van der Waals surface area contributed by atoms with Crippen molar-refractivity contribution < 1.29 is 9.45 Å². The van der Waals surface area contributed by atoms with Crippen LogP contribution in [0.25, 0.3) is 10.8 Å². The SMILES string of the molecule is CB(CCC(C)(C)c1ccc2ccccc2c1)OC(=O)CCC(C)C. The Kier molecular flexibility index (Phi) is 6.69. The fraction of sp³-hybridized carbons (Fsp3) is 0.500. The Morgan fingerprint density at radius 2 is 1.80 bits per heavy atom. The van der Waals surface area contributed by atoms with Gasteiger partial charge in [-0.25, -0.2) is 0 Å². The number of carbonyl (C=O) groups is 1. The molecule has 0 aliphatic carbocycles. The molecule has 0 atom stereocenters. The number of rotatable bonds is 8. The smallest absolute Gasteiger partial charge is 0.358 e. The summed E-state index contributed by atoms with van der Waals surface area (Å²) in [6.07, 6.45) is 3.29. The second kappa shape index (κ2) is 8.55. The van der Waals surface area contributed by atoms with E-state index in [2.05, 4.69) is 70.2 Å². The molecule has 0 saturated carbocycles. The minimum Gasteiger partial charge on any atom is -0.537 e. The second-order valence-corrected chi connectivity index (χ2v) is 8.22. The molecule has 0 aliphatic rings. The fourth-order valence-corrected chi connectivity index (χ4v) is 3.07. The van der Waals surface area contributed by atoms with Gasteiger partial charge in [0.25, 0.3) is 5.97 Å². The van der Waals surface area contributed by atoms with Gasteiger partial charge in [0.05, 0.1) is 0 Å². The summed E-state index contributed by atoms with van der Waals surface area (Å²) >= 11 is 0. The van der Waals surface area contributed by atoms with Gasteiger partial charge in [0.1, 0.15) is 0 Å². The van der Waals surface area contributed by atoms with Gasteiger partial charge >= 0.3 is 6.92 Å². The predicted octanol–water partition coefficient (Wildman–Crippen LogP) is 6.11. The predicted molar refractivity (Wildman–Crippen MR) is 108 cm³/mol. The van der Waals surface area contributed by atoms with Crippen molar-refractivity contribution in [3.05, 3.63) is 48.0 Å². The van der Waals surface area contributed by atoms with E-state index in [1.54, 1.807) is 0 Å². The van der Waals surface area contributed by atoms with Crippen molar-refractivity contribution in [3.63, 3.8) is 0 Å². The summed E-state index contributed by atoms with van der Waals surface area (Å²) in [6, 6.07) is 15.2. The van der Waals surface area contributed by atoms with E-state index in [-0.39, 0.29) is 18.3 Å². The normalized spacial score (nSPS) is 11.8. The van der Waals surface area contributed by atoms with Crippen molar-refractivity contribution in [2.24, 2.45) is 5.92 Å². The summed E-state index contributed by atoms with van der Waals surface area (Å²) < 4.78 is 5.56. The lowest BCUT2D eigenvalue weighted by atomic mass is 9.62. The van der Waals surface area contributed by atoms with Crippen LogP contribution in [0.2, 0.25) is 13.1 Å². The quantitative estimate of drug-likeness (QED) is 0.543. The number of carbonyl (C=O) groups excluding carboxylic acids is 1.